The molecule has 7 heteroatoms. The molecule has 3 rings (SSSR count). The van der Waals surface area contributed by atoms with Crippen molar-refractivity contribution in [3.63, 3.8) is 0 Å². The van der Waals surface area contributed by atoms with Crippen LogP contribution >= 0.6 is 24.2 Å². The molecule has 2 aliphatic rings. The van der Waals surface area contributed by atoms with Crippen molar-refractivity contribution in [2.24, 2.45) is 5.92 Å². The molecule has 5 nitrogen and oxygen atoms in total. The number of carbonyl (C=O) groups excluding carboxylic acids is 2. The van der Waals surface area contributed by atoms with Crippen LogP contribution in [-0.4, -0.2) is 54.4 Å². The lowest BCUT2D eigenvalue weighted by Gasteiger charge is -2.26. The van der Waals surface area contributed by atoms with E-state index in [-0.39, 0.29) is 24.2 Å². The first kappa shape index (κ1) is 22.1. The number of nitrogens with zero attached hydrogens (tertiary/aromatic N) is 1. The molecule has 1 aromatic rings. The van der Waals surface area contributed by atoms with Crippen LogP contribution in [0.15, 0.2) is 18.2 Å². The molecule has 2 saturated heterocycles. The highest BCUT2D eigenvalue weighted by Gasteiger charge is 2.19. The third kappa shape index (κ3) is 6.40. The van der Waals surface area contributed by atoms with Gasteiger partial charge in [-0.05, 0) is 69.0 Å². The van der Waals surface area contributed by atoms with Gasteiger partial charge in [0.2, 0.25) is 5.91 Å². The molecule has 0 saturated carbocycles. The summed E-state index contributed by atoms with van der Waals surface area (Å²) in [6.07, 6.45) is 3.85. The van der Waals surface area contributed by atoms with Gasteiger partial charge in [-0.3, -0.25) is 9.59 Å². The number of benzene rings is 1. The molecular weight excluding hydrogens is 382 g/mol. The Morgan fingerprint density at radius 1 is 1.22 bits per heavy atom. The summed E-state index contributed by atoms with van der Waals surface area (Å²) in [5.74, 6) is 2.84. The molecule has 0 radical (unpaired) electrons. The lowest BCUT2D eigenvalue weighted by molar-refractivity contribution is -0.116. The number of piperidine rings is 1. The van der Waals surface area contributed by atoms with Crippen LogP contribution in [0.1, 0.15) is 41.6 Å². The number of hydrogen-bond donors (Lipinski definition) is 2. The second-order valence-corrected chi connectivity index (χ2v) is 8.44. The van der Waals surface area contributed by atoms with Crippen LogP contribution < -0.4 is 10.6 Å². The molecule has 2 fully saturated rings. The first-order valence-corrected chi connectivity index (χ1v) is 10.8. The molecule has 0 aromatic heterocycles. The fourth-order valence-electron chi connectivity index (χ4n) is 3.60. The molecule has 2 heterocycles. The molecule has 2 aliphatic heterocycles. The maximum atomic E-state index is 12.6. The third-order valence-corrected chi connectivity index (χ3v) is 6.23. The van der Waals surface area contributed by atoms with Crippen molar-refractivity contribution in [2.75, 3.05) is 43.0 Å². The molecule has 0 atom stereocenters. The smallest absolute Gasteiger partial charge is 0.253 e. The summed E-state index contributed by atoms with van der Waals surface area (Å²) in [5.41, 5.74) is 2.46. The van der Waals surface area contributed by atoms with Crippen molar-refractivity contribution in [1.29, 1.82) is 0 Å². The van der Waals surface area contributed by atoms with Crippen LogP contribution in [-0.2, 0) is 4.79 Å². The van der Waals surface area contributed by atoms with Crippen molar-refractivity contribution >= 4 is 41.7 Å². The number of anilines is 1. The summed E-state index contributed by atoms with van der Waals surface area (Å²) in [5, 5.41) is 6.37. The maximum absolute atomic E-state index is 12.6. The topological polar surface area (TPSA) is 61.4 Å². The Balaban J connectivity index is 0.00000261. The molecule has 2 amide bonds. The van der Waals surface area contributed by atoms with Gasteiger partial charge < -0.3 is 15.5 Å². The van der Waals surface area contributed by atoms with Crippen molar-refractivity contribution < 1.29 is 9.59 Å². The Hall–Kier alpha value is -1.24. The fourth-order valence-corrected chi connectivity index (χ4v) is 4.51. The average Bonchev–Trinajstić information content (AvgIpc) is 2.69. The Bertz CT molecular complexity index is 644. The second kappa shape index (κ2) is 10.9. The van der Waals surface area contributed by atoms with Gasteiger partial charge in [0.25, 0.3) is 5.91 Å². The molecule has 0 unspecified atom stereocenters. The van der Waals surface area contributed by atoms with Gasteiger partial charge in [0.05, 0.1) is 0 Å². The highest BCUT2D eigenvalue weighted by Crippen LogP contribution is 2.21. The first-order valence-electron chi connectivity index (χ1n) is 9.62. The van der Waals surface area contributed by atoms with E-state index in [9.17, 15) is 9.59 Å². The quantitative estimate of drug-likeness (QED) is 0.780. The first-order chi connectivity index (χ1) is 12.6. The van der Waals surface area contributed by atoms with E-state index >= 15 is 0 Å². The van der Waals surface area contributed by atoms with E-state index in [0.29, 0.717) is 17.9 Å². The number of aryl methyl sites for hydroxylation is 1. The Labute approximate surface area is 172 Å². The predicted octanol–water partition coefficient (Wildman–Crippen LogP) is 3.32. The van der Waals surface area contributed by atoms with Gasteiger partial charge in [-0.1, -0.05) is 0 Å². The summed E-state index contributed by atoms with van der Waals surface area (Å²) < 4.78 is 0. The van der Waals surface area contributed by atoms with Crippen molar-refractivity contribution in [3.8, 4) is 0 Å². The minimum atomic E-state index is 0. The predicted molar refractivity (Wildman–Crippen MR) is 115 cm³/mol. The highest BCUT2D eigenvalue weighted by molar-refractivity contribution is 7.99. The summed E-state index contributed by atoms with van der Waals surface area (Å²) >= 11 is 1.89. The van der Waals surface area contributed by atoms with Crippen LogP contribution in [0.5, 0.6) is 0 Å². The normalized spacial score (nSPS) is 17.9. The van der Waals surface area contributed by atoms with E-state index in [1.807, 2.05) is 41.8 Å². The monoisotopic (exact) mass is 411 g/mol. The number of nitrogens with one attached hydrogen (secondary N) is 2. The van der Waals surface area contributed by atoms with E-state index in [1.165, 1.54) is 0 Å². The molecule has 0 spiro atoms. The average molecular weight is 412 g/mol. The Kier molecular flexibility index (Phi) is 8.93. The number of hydrogen-bond acceptors (Lipinski definition) is 4. The van der Waals surface area contributed by atoms with Crippen LogP contribution in [0.2, 0.25) is 0 Å². The van der Waals surface area contributed by atoms with Gasteiger partial charge in [0.1, 0.15) is 0 Å². The van der Waals surface area contributed by atoms with Crippen LogP contribution in [0.25, 0.3) is 0 Å². The maximum Gasteiger partial charge on any atom is 0.253 e. The molecule has 0 bridgehead atoms. The molecule has 150 valence electrons. The van der Waals surface area contributed by atoms with Crippen LogP contribution in [0.3, 0.4) is 0 Å². The van der Waals surface area contributed by atoms with Gasteiger partial charge >= 0.3 is 0 Å². The standard InChI is InChI=1S/C20H29N3O2S.ClH/c1-15-14-17(20(25)23-10-12-26-13-11-23)3-4-18(15)22-19(24)5-2-16-6-8-21-9-7-16;/h3-4,14,16,21H,2,5-13H2,1H3,(H,22,24);1H. The minimum Gasteiger partial charge on any atom is -0.337 e. The summed E-state index contributed by atoms with van der Waals surface area (Å²) in [6, 6.07) is 5.59. The van der Waals surface area contributed by atoms with Crippen LogP contribution in [0, 0.1) is 12.8 Å². The number of halogens is 1. The van der Waals surface area contributed by atoms with E-state index in [2.05, 4.69) is 10.6 Å². The van der Waals surface area contributed by atoms with Crippen LogP contribution in [0.4, 0.5) is 5.69 Å². The van der Waals surface area contributed by atoms with E-state index in [1.54, 1.807) is 0 Å². The third-order valence-electron chi connectivity index (χ3n) is 5.28. The van der Waals surface area contributed by atoms with E-state index in [0.717, 1.165) is 68.2 Å². The fraction of sp³-hybridized carbons (Fsp3) is 0.600. The van der Waals surface area contributed by atoms with Crippen molar-refractivity contribution in [1.82, 2.24) is 10.2 Å². The van der Waals surface area contributed by atoms with Crippen molar-refractivity contribution in [3.05, 3.63) is 29.3 Å². The van der Waals surface area contributed by atoms with Gasteiger partial charge in [-0.15, -0.1) is 12.4 Å². The minimum absolute atomic E-state index is 0. The van der Waals surface area contributed by atoms with E-state index < -0.39 is 0 Å². The highest BCUT2D eigenvalue weighted by atomic mass is 35.5. The lowest BCUT2D eigenvalue weighted by Crippen LogP contribution is -2.37. The molecule has 2 N–H and O–H groups in total. The molecule has 0 aliphatic carbocycles. The number of thioether (sulfide) groups is 1. The molecule has 1 aromatic carbocycles. The zero-order valence-corrected chi connectivity index (χ0v) is 17.6. The molecular formula is C20H30ClN3O2S. The van der Waals surface area contributed by atoms with Gasteiger partial charge in [-0.25, -0.2) is 0 Å². The zero-order chi connectivity index (χ0) is 18.4. The van der Waals surface area contributed by atoms with Gasteiger partial charge in [0, 0.05) is 42.3 Å². The SMILES string of the molecule is Cc1cc(C(=O)N2CCSCC2)ccc1NC(=O)CCC1CCNCC1.Cl. The molecule has 27 heavy (non-hydrogen) atoms. The largest absolute Gasteiger partial charge is 0.337 e. The number of rotatable bonds is 5. The second-order valence-electron chi connectivity index (χ2n) is 7.21. The number of carbonyl (C=O) groups is 2. The zero-order valence-electron chi connectivity index (χ0n) is 16.0. The lowest BCUT2D eigenvalue weighted by atomic mass is 9.93. The van der Waals surface area contributed by atoms with Gasteiger partial charge in [-0.2, -0.15) is 11.8 Å². The Morgan fingerprint density at radius 2 is 1.93 bits per heavy atom. The Morgan fingerprint density at radius 3 is 2.59 bits per heavy atom. The van der Waals surface area contributed by atoms with Crippen molar-refractivity contribution in [2.45, 2.75) is 32.6 Å². The summed E-state index contributed by atoms with van der Waals surface area (Å²) in [7, 11) is 0. The number of amides is 2. The van der Waals surface area contributed by atoms with E-state index in [4.69, 9.17) is 0 Å². The van der Waals surface area contributed by atoms with Gasteiger partial charge in [0.15, 0.2) is 0 Å². The summed E-state index contributed by atoms with van der Waals surface area (Å²) in [4.78, 5) is 26.8. The summed E-state index contributed by atoms with van der Waals surface area (Å²) in [6.45, 7) is 5.72.